The van der Waals surface area contributed by atoms with Crippen molar-refractivity contribution < 1.29 is 23.6 Å². The molecule has 6 aromatic rings. The van der Waals surface area contributed by atoms with Gasteiger partial charge >= 0.3 is 12.1 Å². The van der Waals surface area contributed by atoms with Gasteiger partial charge in [-0.3, -0.25) is 5.32 Å². The van der Waals surface area contributed by atoms with Crippen molar-refractivity contribution in [3.63, 3.8) is 0 Å². The lowest BCUT2D eigenvalue weighted by Gasteiger charge is -2.12. The van der Waals surface area contributed by atoms with Crippen molar-refractivity contribution >= 4 is 51.8 Å². The van der Waals surface area contributed by atoms with Crippen LogP contribution >= 0.6 is 11.6 Å². The Morgan fingerprint density at radius 3 is 2.40 bits per heavy atom. The number of methoxy groups -OCH3 is 2. The maximum atomic E-state index is 12.6. The van der Waals surface area contributed by atoms with Gasteiger partial charge in [-0.15, -0.1) is 5.10 Å². The van der Waals surface area contributed by atoms with Crippen molar-refractivity contribution in [2.24, 2.45) is 0 Å². The molecule has 12 nitrogen and oxygen atoms in total. The second-order valence-corrected chi connectivity index (χ2v) is 9.67. The number of fused-ring (bicyclic) bond motifs is 1. The van der Waals surface area contributed by atoms with Gasteiger partial charge in [-0.1, -0.05) is 35.0 Å². The lowest BCUT2D eigenvalue weighted by molar-refractivity contribution is 0.0601. The lowest BCUT2D eigenvalue weighted by atomic mass is 9.98. The third-order valence-electron chi connectivity index (χ3n) is 6.65. The van der Waals surface area contributed by atoms with E-state index in [0.717, 1.165) is 27.8 Å². The zero-order chi connectivity index (χ0) is 29.9. The van der Waals surface area contributed by atoms with Gasteiger partial charge in [0, 0.05) is 22.0 Å². The third-order valence-corrected chi connectivity index (χ3v) is 6.89. The fourth-order valence-corrected chi connectivity index (χ4v) is 4.77. The van der Waals surface area contributed by atoms with Crippen LogP contribution < -0.4 is 10.6 Å². The van der Waals surface area contributed by atoms with Crippen LogP contribution in [0.3, 0.4) is 0 Å². The van der Waals surface area contributed by atoms with Crippen LogP contribution in [-0.2, 0) is 9.47 Å². The normalized spacial score (nSPS) is 10.9. The molecule has 43 heavy (non-hydrogen) atoms. The SMILES string of the molecule is COC(=O)Nc1ccc(-c2cc(Nc3noc4cc(-c5cc(Cl)ccc5-n5cnnn5)ccc34)ccc2C(=O)OC)cc1. The van der Waals surface area contributed by atoms with Gasteiger partial charge < -0.3 is 19.3 Å². The number of benzene rings is 4. The molecule has 0 aliphatic rings. The van der Waals surface area contributed by atoms with Crippen LogP contribution in [0.5, 0.6) is 0 Å². The highest BCUT2D eigenvalue weighted by atomic mass is 35.5. The Hall–Kier alpha value is -5.75. The zero-order valence-corrected chi connectivity index (χ0v) is 23.5. The van der Waals surface area contributed by atoms with Crippen molar-refractivity contribution in [2.75, 3.05) is 24.9 Å². The van der Waals surface area contributed by atoms with E-state index in [-0.39, 0.29) is 0 Å². The monoisotopic (exact) mass is 595 g/mol. The van der Waals surface area contributed by atoms with Gasteiger partial charge in [0.05, 0.1) is 30.9 Å². The number of amides is 1. The first-order valence-electron chi connectivity index (χ1n) is 12.8. The fraction of sp³-hybridized carbons (Fsp3) is 0.0667. The first-order chi connectivity index (χ1) is 20.9. The predicted molar refractivity (Wildman–Crippen MR) is 160 cm³/mol. The number of tetrazole rings is 1. The van der Waals surface area contributed by atoms with E-state index < -0.39 is 12.1 Å². The third kappa shape index (κ3) is 5.59. The topological polar surface area (TPSA) is 146 Å². The molecule has 0 aliphatic heterocycles. The number of anilines is 3. The summed E-state index contributed by atoms with van der Waals surface area (Å²) in [5.41, 5.74) is 5.86. The number of nitrogens with one attached hydrogen (secondary N) is 2. The summed E-state index contributed by atoms with van der Waals surface area (Å²) in [5.74, 6) is 0.00234. The van der Waals surface area contributed by atoms with Crippen LogP contribution in [0.4, 0.5) is 22.0 Å². The lowest BCUT2D eigenvalue weighted by Crippen LogP contribution is -2.10. The second kappa shape index (κ2) is 11.6. The highest BCUT2D eigenvalue weighted by molar-refractivity contribution is 6.31. The summed E-state index contributed by atoms with van der Waals surface area (Å²) < 4.78 is 16.9. The Morgan fingerprint density at radius 2 is 1.65 bits per heavy atom. The summed E-state index contributed by atoms with van der Waals surface area (Å²) in [7, 11) is 2.61. The van der Waals surface area contributed by atoms with Gasteiger partial charge in [-0.05, 0) is 87.8 Å². The van der Waals surface area contributed by atoms with Crippen LogP contribution in [0.15, 0.2) is 89.7 Å². The maximum Gasteiger partial charge on any atom is 0.411 e. The van der Waals surface area contributed by atoms with E-state index in [4.69, 9.17) is 20.9 Å². The number of carbonyl (C=O) groups excluding carboxylic acids is 2. The van der Waals surface area contributed by atoms with Gasteiger partial charge in [0.2, 0.25) is 0 Å². The average Bonchev–Trinajstić information content (AvgIpc) is 3.71. The van der Waals surface area contributed by atoms with Gasteiger partial charge in [-0.25, -0.2) is 9.59 Å². The van der Waals surface area contributed by atoms with E-state index in [2.05, 4.69) is 36.1 Å². The highest BCUT2D eigenvalue weighted by Gasteiger charge is 2.17. The Morgan fingerprint density at radius 1 is 0.860 bits per heavy atom. The molecule has 2 N–H and O–H groups in total. The number of carbonyl (C=O) groups is 2. The molecule has 0 bridgehead atoms. The molecule has 214 valence electrons. The smallest absolute Gasteiger partial charge is 0.411 e. The fourth-order valence-electron chi connectivity index (χ4n) is 4.59. The Balaban J connectivity index is 1.32. The van der Waals surface area contributed by atoms with E-state index in [1.807, 2.05) is 36.4 Å². The number of esters is 1. The summed E-state index contributed by atoms with van der Waals surface area (Å²) in [6, 6.07) is 23.3. The van der Waals surface area contributed by atoms with Crippen LogP contribution in [0, 0.1) is 0 Å². The van der Waals surface area contributed by atoms with Crippen molar-refractivity contribution in [1.29, 1.82) is 0 Å². The molecular weight excluding hydrogens is 574 g/mol. The summed E-state index contributed by atoms with van der Waals surface area (Å²) >= 11 is 6.31. The van der Waals surface area contributed by atoms with Crippen molar-refractivity contribution in [3.8, 4) is 27.9 Å². The Kier molecular flexibility index (Phi) is 7.41. The number of hydrogen-bond donors (Lipinski definition) is 2. The first-order valence-corrected chi connectivity index (χ1v) is 13.2. The van der Waals surface area contributed by atoms with E-state index in [0.29, 0.717) is 38.9 Å². The highest BCUT2D eigenvalue weighted by Crippen LogP contribution is 2.35. The number of rotatable bonds is 7. The number of hydrogen-bond acceptors (Lipinski definition) is 10. The molecule has 2 aromatic heterocycles. The molecule has 0 fully saturated rings. The van der Waals surface area contributed by atoms with Crippen LogP contribution in [0.25, 0.3) is 38.9 Å². The van der Waals surface area contributed by atoms with Gasteiger partial charge in [0.1, 0.15) is 6.33 Å². The summed E-state index contributed by atoms with van der Waals surface area (Å²) in [4.78, 5) is 24.1. The van der Waals surface area contributed by atoms with Gasteiger partial charge in [-0.2, -0.15) is 4.68 Å². The van der Waals surface area contributed by atoms with E-state index in [1.165, 1.54) is 20.5 Å². The average molecular weight is 596 g/mol. The molecule has 0 atom stereocenters. The minimum absolute atomic E-state index is 0.372. The molecule has 4 aromatic carbocycles. The largest absolute Gasteiger partial charge is 0.465 e. The molecule has 0 saturated heterocycles. The minimum Gasteiger partial charge on any atom is -0.465 e. The zero-order valence-electron chi connectivity index (χ0n) is 22.7. The molecular formula is C30H22ClN7O5. The quantitative estimate of drug-likeness (QED) is 0.196. The minimum atomic E-state index is -0.582. The standard InChI is InChI=1S/C30H22ClN7O5/c1-41-29(39)22-11-9-21(15-24(22)17-3-7-20(8-4-17)34-30(40)42-2)33-28-23-10-5-18(13-27(23)43-35-28)25-14-19(31)6-12-26(25)38-16-32-36-37-38/h3-16H,1-2H3,(H,33,35)(H,34,40). The van der Waals surface area contributed by atoms with E-state index in [9.17, 15) is 9.59 Å². The number of nitrogens with zero attached hydrogens (tertiary/aromatic N) is 5. The molecule has 0 spiro atoms. The van der Waals surface area contributed by atoms with E-state index >= 15 is 0 Å². The van der Waals surface area contributed by atoms with Crippen LogP contribution in [-0.4, -0.2) is 51.6 Å². The summed E-state index contributed by atoms with van der Waals surface area (Å²) in [6.07, 6.45) is 0.927. The van der Waals surface area contributed by atoms with Gasteiger partial charge in [0.25, 0.3) is 0 Å². The van der Waals surface area contributed by atoms with Crippen molar-refractivity contribution in [1.82, 2.24) is 25.4 Å². The maximum absolute atomic E-state index is 12.6. The number of halogens is 1. The molecule has 0 unspecified atom stereocenters. The summed E-state index contributed by atoms with van der Waals surface area (Å²) in [5, 5.41) is 22.9. The van der Waals surface area contributed by atoms with Crippen molar-refractivity contribution in [3.05, 3.63) is 95.8 Å². The van der Waals surface area contributed by atoms with Crippen LogP contribution in [0.1, 0.15) is 10.4 Å². The molecule has 0 radical (unpaired) electrons. The number of aromatic nitrogens is 5. The molecule has 13 heteroatoms. The molecule has 1 amide bonds. The van der Waals surface area contributed by atoms with Crippen LogP contribution in [0.2, 0.25) is 5.02 Å². The second-order valence-electron chi connectivity index (χ2n) is 9.23. The van der Waals surface area contributed by atoms with Gasteiger partial charge in [0.15, 0.2) is 11.4 Å². The number of ether oxygens (including phenoxy) is 2. The van der Waals surface area contributed by atoms with E-state index in [1.54, 1.807) is 47.1 Å². The Bertz CT molecular complexity index is 1960. The first kappa shape index (κ1) is 27.4. The summed E-state index contributed by atoms with van der Waals surface area (Å²) in [6.45, 7) is 0. The van der Waals surface area contributed by atoms with Crippen molar-refractivity contribution in [2.45, 2.75) is 0 Å². The molecule has 0 saturated carbocycles. The predicted octanol–water partition coefficient (Wildman–Crippen LogP) is 6.50. The molecule has 2 heterocycles. The molecule has 6 rings (SSSR count). The molecule has 0 aliphatic carbocycles. The Labute approximate surface area is 249 Å².